The summed E-state index contributed by atoms with van der Waals surface area (Å²) in [6.07, 6.45) is 2.47. The third-order valence-corrected chi connectivity index (χ3v) is 7.44. The number of imidazole rings is 1. The van der Waals surface area contributed by atoms with Crippen molar-refractivity contribution in [3.8, 4) is 16.9 Å². The van der Waals surface area contributed by atoms with Crippen LogP contribution in [0.5, 0.6) is 5.75 Å². The zero-order valence-corrected chi connectivity index (χ0v) is 22.3. The summed E-state index contributed by atoms with van der Waals surface area (Å²) >= 11 is 5.80. The summed E-state index contributed by atoms with van der Waals surface area (Å²) in [7, 11) is 0. The highest BCUT2D eigenvalue weighted by atomic mass is 35.5. The van der Waals surface area contributed by atoms with Gasteiger partial charge in [-0.3, -0.25) is 0 Å². The zero-order chi connectivity index (χ0) is 27.6. The molecule has 1 saturated heterocycles. The molecule has 4 nitrogen and oxygen atoms in total. The number of halogens is 4. The molecule has 6 rings (SSSR count). The Hall–Kier alpha value is -3.81. The largest absolute Gasteiger partial charge is 0.486 e. The van der Waals surface area contributed by atoms with Crippen molar-refractivity contribution in [3.05, 3.63) is 118 Å². The van der Waals surface area contributed by atoms with Crippen LogP contribution in [0.3, 0.4) is 0 Å². The van der Waals surface area contributed by atoms with E-state index in [1.54, 1.807) is 18.2 Å². The normalized spacial score (nSPS) is 15.2. The average Bonchev–Trinajstić information content (AvgIpc) is 3.58. The van der Waals surface area contributed by atoms with Gasteiger partial charge in [-0.25, -0.2) is 18.2 Å². The molecule has 1 unspecified atom stereocenters. The predicted octanol–water partition coefficient (Wildman–Crippen LogP) is 8.12. The van der Waals surface area contributed by atoms with Gasteiger partial charge in [-0.15, -0.1) is 0 Å². The van der Waals surface area contributed by atoms with E-state index < -0.39 is 11.6 Å². The maximum atomic E-state index is 15.4. The quantitative estimate of drug-likeness (QED) is 0.192. The second-order valence-electron chi connectivity index (χ2n) is 9.91. The first-order valence-electron chi connectivity index (χ1n) is 13.2. The topological polar surface area (TPSA) is 36.3 Å². The summed E-state index contributed by atoms with van der Waals surface area (Å²) in [6, 6.07) is 21.3. The van der Waals surface area contributed by atoms with Crippen molar-refractivity contribution >= 4 is 22.6 Å². The predicted molar refractivity (Wildman–Crippen MR) is 149 cm³/mol. The molecule has 1 aromatic heterocycles. The van der Waals surface area contributed by atoms with Crippen molar-refractivity contribution in [2.75, 3.05) is 6.61 Å². The van der Waals surface area contributed by atoms with Gasteiger partial charge in [0, 0.05) is 23.6 Å². The lowest BCUT2D eigenvalue weighted by Gasteiger charge is -2.15. The molecule has 1 aliphatic heterocycles. The Balaban J connectivity index is 1.23. The van der Waals surface area contributed by atoms with Gasteiger partial charge in [-0.05, 0) is 72.0 Å². The van der Waals surface area contributed by atoms with Gasteiger partial charge in [-0.2, -0.15) is 0 Å². The Kier molecular flexibility index (Phi) is 7.50. The van der Waals surface area contributed by atoms with Crippen LogP contribution >= 0.6 is 11.6 Å². The molecular weight excluding hydrogens is 537 g/mol. The lowest BCUT2D eigenvalue weighted by atomic mass is 10.0. The molecular formula is C32H26ClF3N2O2. The Bertz CT molecular complexity index is 1680. The smallest absolute Gasteiger partial charge is 0.165 e. The molecule has 0 aliphatic carbocycles. The van der Waals surface area contributed by atoms with Crippen LogP contribution in [0.1, 0.15) is 29.8 Å². The van der Waals surface area contributed by atoms with Crippen LogP contribution < -0.4 is 4.74 Å². The van der Waals surface area contributed by atoms with Crippen LogP contribution in [0.15, 0.2) is 78.9 Å². The molecule has 204 valence electrons. The van der Waals surface area contributed by atoms with Crippen LogP contribution in [-0.2, 0) is 24.3 Å². The lowest BCUT2D eigenvalue weighted by Crippen LogP contribution is -2.17. The number of hydrogen-bond donors (Lipinski definition) is 0. The summed E-state index contributed by atoms with van der Waals surface area (Å²) in [5, 5.41) is 0.264. The van der Waals surface area contributed by atoms with Crippen molar-refractivity contribution in [3.63, 3.8) is 0 Å². The molecule has 5 aromatic rings. The van der Waals surface area contributed by atoms with Gasteiger partial charge in [0.15, 0.2) is 11.6 Å². The van der Waals surface area contributed by atoms with Crippen molar-refractivity contribution in [1.82, 2.24) is 9.55 Å². The van der Waals surface area contributed by atoms with Crippen molar-refractivity contribution in [2.45, 2.75) is 38.5 Å². The second-order valence-corrected chi connectivity index (χ2v) is 10.4. The Morgan fingerprint density at radius 1 is 0.875 bits per heavy atom. The van der Waals surface area contributed by atoms with Crippen LogP contribution in [0.2, 0.25) is 5.02 Å². The van der Waals surface area contributed by atoms with E-state index in [2.05, 4.69) is 4.57 Å². The minimum Gasteiger partial charge on any atom is -0.486 e. The molecule has 8 heteroatoms. The van der Waals surface area contributed by atoms with E-state index in [9.17, 15) is 8.78 Å². The minimum absolute atomic E-state index is 0.0563. The molecule has 4 aromatic carbocycles. The molecule has 40 heavy (non-hydrogen) atoms. The fourth-order valence-electron chi connectivity index (χ4n) is 5.08. The van der Waals surface area contributed by atoms with E-state index >= 15 is 4.39 Å². The number of hydrogen-bond acceptors (Lipinski definition) is 3. The van der Waals surface area contributed by atoms with Crippen LogP contribution in [0, 0.1) is 17.5 Å². The van der Waals surface area contributed by atoms with Crippen molar-refractivity contribution in [2.24, 2.45) is 0 Å². The van der Waals surface area contributed by atoms with Gasteiger partial charge in [0.2, 0.25) is 0 Å². The lowest BCUT2D eigenvalue weighted by molar-refractivity contribution is 0.0973. The first-order valence-corrected chi connectivity index (χ1v) is 13.5. The van der Waals surface area contributed by atoms with Gasteiger partial charge in [0.1, 0.15) is 24.1 Å². The molecule has 1 aliphatic rings. The number of ether oxygens (including phenoxy) is 2. The van der Waals surface area contributed by atoms with Crippen molar-refractivity contribution in [1.29, 1.82) is 0 Å². The maximum Gasteiger partial charge on any atom is 0.165 e. The first-order chi connectivity index (χ1) is 19.4. The Labute approximate surface area is 234 Å². The molecule has 0 N–H and O–H groups in total. The average molecular weight is 563 g/mol. The molecule has 1 atom stereocenters. The summed E-state index contributed by atoms with van der Waals surface area (Å²) in [5.74, 6) is -0.802. The number of aromatic nitrogens is 2. The van der Waals surface area contributed by atoms with E-state index in [0.29, 0.717) is 29.7 Å². The van der Waals surface area contributed by atoms with Crippen molar-refractivity contribution < 1.29 is 22.6 Å². The number of nitrogens with zero attached hydrogens (tertiary/aromatic N) is 2. The SMILES string of the molecule is Fc1cc(Cl)ccc1COc1cc(-c2ccc(Cc3nc4ccccc4n3CC3CCCO3)c(F)c2)ccc1F. The second kappa shape index (κ2) is 11.4. The summed E-state index contributed by atoms with van der Waals surface area (Å²) in [4.78, 5) is 4.80. The number of fused-ring (bicyclic) bond motifs is 1. The highest BCUT2D eigenvalue weighted by Crippen LogP contribution is 2.30. The number of benzene rings is 4. The van der Waals surface area contributed by atoms with Gasteiger partial charge in [0.25, 0.3) is 0 Å². The molecule has 2 heterocycles. The van der Waals surface area contributed by atoms with E-state index in [4.69, 9.17) is 26.1 Å². The van der Waals surface area contributed by atoms with Crippen LogP contribution in [-0.4, -0.2) is 22.3 Å². The highest BCUT2D eigenvalue weighted by molar-refractivity contribution is 6.30. The molecule has 0 saturated carbocycles. The summed E-state index contributed by atoms with van der Waals surface area (Å²) in [6.45, 7) is 1.26. The molecule has 0 bridgehead atoms. The molecule has 0 amide bonds. The summed E-state index contributed by atoms with van der Waals surface area (Å²) in [5.41, 5.74) is 3.76. The first kappa shape index (κ1) is 26.4. The fraction of sp³-hybridized carbons (Fsp3) is 0.219. The number of para-hydroxylation sites is 2. The molecule has 1 fully saturated rings. The van der Waals surface area contributed by atoms with E-state index in [0.717, 1.165) is 36.3 Å². The van der Waals surface area contributed by atoms with Gasteiger partial charge >= 0.3 is 0 Å². The van der Waals surface area contributed by atoms with E-state index in [1.165, 1.54) is 36.4 Å². The molecule has 0 radical (unpaired) electrons. The summed E-state index contributed by atoms with van der Waals surface area (Å²) < 4.78 is 57.6. The zero-order valence-electron chi connectivity index (χ0n) is 21.5. The van der Waals surface area contributed by atoms with Gasteiger partial charge in [0.05, 0.1) is 23.7 Å². The third-order valence-electron chi connectivity index (χ3n) is 7.21. The maximum absolute atomic E-state index is 15.4. The Morgan fingerprint density at radius 3 is 2.45 bits per heavy atom. The fourth-order valence-corrected chi connectivity index (χ4v) is 5.24. The Morgan fingerprint density at radius 2 is 1.65 bits per heavy atom. The number of rotatable bonds is 8. The third kappa shape index (κ3) is 5.58. The van der Waals surface area contributed by atoms with Gasteiger partial charge in [-0.1, -0.05) is 48.0 Å². The van der Waals surface area contributed by atoms with Gasteiger partial charge < -0.3 is 14.0 Å². The van der Waals surface area contributed by atoms with Crippen LogP contribution in [0.4, 0.5) is 13.2 Å². The minimum atomic E-state index is -0.597. The van der Waals surface area contributed by atoms with Crippen LogP contribution in [0.25, 0.3) is 22.2 Å². The van der Waals surface area contributed by atoms with E-state index in [1.807, 2.05) is 24.3 Å². The van der Waals surface area contributed by atoms with E-state index in [-0.39, 0.29) is 34.9 Å². The monoisotopic (exact) mass is 562 g/mol. The highest BCUT2D eigenvalue weighted by Gasteiger charge is 2.21. The molecule has 0 spiro atoms. The standard InChI is InChI=1S/C32H26ClF3N2O2/c33-24-11-9-23(28(36)17-24)19-40-31-15-21(10-12-26(31)34)20-7-8-22(27(35)14-20)16-32-37-29-5-1-2-6-30(29)38(32)18-25-4-3-13-39-25/h1-2,5-12,14-15,17,25H,3-4,13,16,18-19H2.